The third-order valence-corrected chi connectivity index (χ3v) is 3.44. The van der Waals surface area contributed by atoms with Crippen LogP contribution in [-0.2, 0) is 6.42 Å². The quantitative estimate of drug-likeness (QED) is 0.913. The maximum atomic E-state index is 4.64. The van der Waals surface area contributed by atoms with Gasteiger partial charge in [0.15, 0.2) is 5.82 Å². The first-order valence-corrected chi connectivity index (χ1v) is 6.61. The van der Waals surface area contributed by atoms with Crippen LogP contribution in [0.1, 0.15) is 36.7 Å². The van der Waals surface area contributed by atoms with Gasteiger partial charge in [-0.05, 0) is 38.9 Å². The lowest BCUT2D eigenvalue weighted by Crippen LogP contribution is -2.15. The van der Waals surface area contributed by atoms with Crippen LogP contribution in [-0.4, -0.2) is 22.0 Å². The maximum Gasteiger partial charge on any atom is 0.159 e. The Morgan fingerprint density at radius 1 is 1.32 bits per heavy atom. The summed E-state index contributed by atoms with van der Waals surface area (Å²) in [6, 6.07) is 2.24. The van der Waals surface area contributed by atoms with E-state index in [0.717, 1.165) is 29.1 Å². The van der Waals surface area contributed by atoms with Gasteiger partial charge in [-0.25, -0.2) is 9.97 Å². The predicted octanol–water partition coefficient (Wildman–Crippen LogP) is 2.69. The van der Waals surface area contributed by atoms with E-state index < -0.39 is 0 Å². The van der Waals surface area contributed by atoms with Crippen LogP contribution in [0.2, 0.25) is 0 Å². The first-order valence-electron chi connectivity index (χ1n) is 6.61. The number of rotatable bonds is 4. The lowest BCUT2D eigenvalue weighted by molar-refractivity contribution is 0.641. The van der Waals surface area contributed by atoms with E-state index in [1.54, 1.807) is 6.20 Å². The summed E-state index contributed by atoms with van der Waals surface area (Å²) in [7, 11) is 1.94. The minimum absolute atomic E-state index is 0.261. The number of hydrogen-bond acceptors (Lipinski definition) is 4. The first-order chi connectivity index (χ1) is 9.17. The van der Waals surface area contributed by atoms with E-state index in [4.69, 9.17) is 0 Å². The molecule has 0 aromatic carbocycles. The van der Waals surface area contributed by atoms with E-state index >= 15 is 0 Å². The van der Waals surface area contributed by atoms with Crippen molar-refractivity contribution in [3.05, 3.63) is 41.5 Å². The fraction of sp³-hybridized carbons (Fsp3) is 0.400. The minimum atomic E-state index is 0.261. The molecule has 0 spiro atoms. The van der Waals surface area contributed by atoms with Crippen molar-refractivity contribution in [2.45, 2.75) is 33.2 Å². The number of nitrogens with zero attached hydrogens (tertiary/aromatic N) is 3. The highest BCUT2D eigenvalue weighted by molar-refractivity contribution is 5.59. The molecule has 100 valence electrons. The predicted molar refractivity (Wildman–Crippen MR) is 76.9 cm³/mol. The minimum Gasteiger partial charge on any atom is -0.313 e. The zero-order valence-electron chi connectivity index (χ0n) is 11.9. The molecule has 0 fully saturated rings. The molecule has 2 aromatic heterocycles. The molecule has 0 bridgehead atoms. The van der Waals surface area contributed by atoms with Crippen molar-refractivity contribution in [2.24, 2.45) is 0 Å². The molecule has 0 aliphatic rings. The van der Waals surface area contributed by atoms with Gasteiger partial charge in [-0.3, -0.25) is 4.98 Å². The van der Waals surface area contributed by atoms with Crippen LogP contribution in [0.15, 0.2) is 24.7 Å². The number of pyridine rings is 1. The summed E-state index contributed by atoms with van der Waals surface area (Å²) in [5.74, 6) is 0.781. The number of hydrogen-bond donors (Lipinski definition) is 1. The Morgan fingerprint density at radius 3 is 2.74 bits per heavy atom. The summed E-state index contributed by atoms with van der Waals surface area (Å²) in [4.78, 5) is 13.3. The van der Waals surface area contributed by atoms with Crippen molar-refractivity contribution in [3.63, 3.8) is 0 Å². The summed E-state index contributed by atoms with van der Waals surface area (Å²) in [6.07, 6.45) is 6.52. The van der Waals surface area contributed by atoms with E-state index in [-0.39, 0.29) is 6.04 Å². The van der Waals surface area contributed by atoms with Crippen LogP contribution in [0.5, 0.6) is 0 Å². The average molecular weight is 256 g/mol. The molecule has 0 saturated carbocycles. The van der Waals surface area contributed by atoms with E-state index in [2.05, 4.69) is 34.1 Å². The molecule has 0 saturated heterocycles. The topological polar surface area (TPSA) is 50.7 Å². The van der Waals surface area contributed by atoms with Crippen LogP contribution < -0.4 is 5.32 Å². The molecule has 2 heterocycles. The molecule has 1 N–H and O–H groups in total. The van der Waals surface area contributed by atoms with Gasteiger partial charge >= 0.3 is 0 Å². The Hall–Kier alpha value is -1.81. The molecule has 19 heavy (non-hydrogen) atoms. The Balaban J connectivity index is 2.44. The Bertz CT molecular complexity index is 566. The van der Waals surface area contributed by atoms with Gasteiger partial charge in [0.2, 0.25) is 0 Å². The molecule has 1 atom stereocenters. The number of aryl methyl sites for hydroxylation is 2. The van der Waals surface area contributed by atoms with Crippen LogP contribution in [0, 0.1) is 6.92 Å². The second-order valence-corrected chi connectivity index (χ2v) is 4.63. The molecular weight excluding hydrogens is 236 g/mol. The van der Waals surface area contributed by atoms with E-state index in [1.165, 1.54) is 5.56 Å². The van der Waals surface area contributed by atoms with Gasteiger partial charge in [-0.2, -0.15) is 0 Å². The molecule has 1 unspecified atom stereocenters. The molecule has 0 radical (unpaired) electrons. The fourth-order valence-corrected chi connectivity index (χ4v) is 2.11. The second-order valence-electron chi connectivity index (χ2n) is 4.63. The van der Waals surface area contributed by atoms with Gasteiger partial charge in [0.1, 0.15) is 0 Å². The average Bonchev–Trinajstić information content (AvgIpc) is 2.46. The van der Waals surface area contributed by atoms with Crippen LogP contribution in [0.3, 0.4) is 0 Å². The molecule has 4 heteroatoms. The first kappa shape index (κ1) is 13.6. The third kappa shape index (κ3) is 2.79. The third-order valence-electron chi connectivity index (χ3n) is 3.44. The van der Waals surface area contributed by atoms with Gasteiger partial charge in [-0.15, -0.1) is 0 Å². The van der Waals surface area contributed by atoms with Gasteiger partial charge in [-0.1, -0.05) is 6.92 Å². The van der Waals surface area contributed by atoms with Crippen molar-refractivity contribution in [1.82, 2.24) is 20.3 Å². The lowest BCUT2D eigenvalue weighted by Gasteiger charge is -2.14. The zero-order valence-corrected chi connectivity index (χ0v) is 11.9. The second kappa shape index (κ2) is 5.89. The molecule has 0 aliphatic carbocycles. The van der Waals surface area contributed by atoms with Crippen LogP contribution in [0.4, 0.5) is 0 Å². The van der Waals surface area contributed by atoms with E-state index in [0.29, 0.717) is 0 Å². The molecule has 0 amide bonds. The van der Waals surface area contributed by atoms with Crippen molar-refractivity contribution in [2.75, 3.05) is 7.05 Å². The fourth-order valence-electron chi connectivity index (χ4n) is 2.11. The normalized spacial score (nSPS) is 12.4. The van der Waals surface area contributed by atoms with Gasteiger partial charge in [0.05, 0.1) is 0 Å². The highest BCUT2D eigenvalue weighted by Crippen LogP contribution is 2.22. The Kier molecular flexibility index (Phi) is 4.22. The van der Waals surface area contributed by atoms with Crippen molar-refractivity contribution in [1.29, 1.82) is 0 Å². The Morgan fingerprint density at radius 2 is 2.11 bits per heavy atom. The van der Waals surface area contributed by atoms with E-state index in [9.17, 15) is 0 Å². The highest BCUT2D eigenvalue weighted by atomic mass is 14.9. The molecule has 2 aromatic rings. The molecule has 0 aliphatic heterocycles. The standard InChI is InChI=1S/C15H20N4/c1-5-12-8-17-7-6-13(12)15-18-9-14(10(2)16-4)11(3)19-15/h6-10,16H,5H2,1-4H3. The number of nitrogens with one attached hydrogen (secondary N) is 1. The Labute approximate surface area is 114 Å². The smallest absolute Gasteiger partial charge is 0.159 e. The zero-order chi connectivity index (χ0) is 13.8. The van der Waals surface area contributed by atoms with Crippen LogP contribution in [0.25, 0.3) is 11.4 Å². The summed E-state index contributed by atoms with van der Waals surface area (Å²) in [6.45, 7) is 6.25. The van der Waals surface area contributed by atoms with E-state index in [1.807, 2.05) is 32.4 Å². The van der Waals surface area contributed by atoms with Gasteiger partial charge in [0, 0.05) is 41.5 Å². The summed E-state index contributed by atoms with van der Waals surface area (Å²) >= 11 is 0. The lowest BCUT2D eigenvalue weighted by atomic mass is 10.1. The molecule has 2 rings (SSSR count). The van der Waals surface area contributed by atoms with Gasteiger partial charge < -0.3 is 5.32 Å². The van der Waals surface area contributed by atoms with Crippen molar-refractivity contribution in [3.8, 4) is 11.4 Å². The van der Waals surface area contributed by atoms with Crippen molar-refractivity contribution < 1.29 is 0 Å². The van der Waals surface area contributed by atoms with Crippen LogP contribution >= 0.6 is 0 Å². The summed E-state index contributed by atoms with van der Waals surface area (Å²) in [5.41, 5.74) is 4.41. The summed E-state index contributed by atoms with van der Waals surface area (Å²) in [5, 5.41) is 3.21. The number of aromatic nitrogens is 3. The van der Waals surface area contributed by atoms with Crippen molar-refractivity contribution >= 4 is 0 Å². The molecule has 4 nitrogen and oxygen atoms in total. The SMILES string of the molecule is CCc1cnccc1-c1ncc(C(C)NC)c(C)n1. The highest BCUT2D eigenvalue weighted by Gasteiger charge is 2.11. The maximum absolute atomic E-state index is 4.64. The summed E-state index contributed by atoms with van der Waals surface area (Å²) < 4.78 is 0. The van der Waals surface area contributed by atoms with Gasteiger partial charge in [0.25, 0.3) is 0 Å². The largest absolute Gasteiger partial charge is 0.313 e. The molecular formula is C15H20N4. The monoisotopic (exact) mass is 256 g/mol.